The highest BCUT2D eigenvalue weighted by Crippen LogP contribution is 2.30. The van der Waals surface area contributed by atoms with E-state index < -0.39 is 9.84 Å². The Kier molecular flexibility index (Phi) is 8.08. The van der Waals surface area contributed by atoms with Crippen LogP contribution in [0.5, 0.6) is 11.5 Å². The number of hydrogen-bond acceptors (Lipinski definition) is 5. The molecule has 3 N–H and O–H groups in total. The lowest BCUT2D eigenvalue weighted by Crippen LogP contribution is -2.26. The van der Waals surface area contributed by atoms with Gasteiger partial charge in [0.15, 0.2) is 9.84 Å². The second-order valence-electron chi connectivity index (χ2n) is 5.60. The molecule has 0 heterocycles. The predicted octanol–water partition coefficient (Wildman–Crippen LogP) is 3.23. The molecular formula is C18H23ClN2O4S. The molecular weight excluding hydrogens is 376 g/mol. The van der Waals surface area contributed by atoms with Crippen molar-refractivity contribution in [3.63, 3.8) is 0 Å². The second-order valence-corrected chi connectivity index (χ2v) is 7.85. The molecule has 2 aromatic rings. The molecule has 0 aliphatic carbocycles. The van der Waals surface area contributed by atoms with Crippen LogP contribution in [-0.2, 0) is 14.6 Å². The highest BCUT2D eigenvalue weighted by Gasteiger charge is 2.17. The van der Waals surface area contributed by atoms with Crippen molar-refractivity contribution in [2.45, 2.75) is 18.7 Å². The number of amides is 1. The Morgan fingerprint density at radius 3 is 2.35 bits per heavy atom. The van der Waals surface area contributed by atoms with Crippen molar-refractivity contribution in [3.8, 4) is 11.5 Å². The fourth-order valence-corrected chi connectivity index (χ4v) is 3.07. The molecule has 0 aliphatic heterocycles. The Bertz CT molecular complexity index is 839. The number of carbonyl (C=O) groups is 1. The minimum atomic E-state index is -3.38. The van der Waals surface area contributed by atoms with Crippen LogP contribution >= 0.6 is 12.4 Å². The largest absolute Gasteiger partial charge is 0.456 e. The summed E-state index contributed by atoms with van der Waals surface area (Å²) < 4.78 is 30.0. The molecule has 0 spiro atoms. The lowest BCUT2D eigenvalue weighted by Gasteiger charge is -2.12. The molecule has 1 unspecified atom stereocenters. The van der Waals surface area contributed by atoms with E-state index in [9.17, 15) is 13.2 Å². The smallest absolute Gasteiger partial charge is 0.228 e. The van der Waals surface area contributed by atoms with Crippen molar-refractivity contribution >= 4 is 33.8 Å². The predicted molar refractivity (Wildman–Crippen MR) is 105 cm³/mol. The topological polar surface area (TPSA) is 98.5 Å². The van der Waals surface area contributed by atoms with Gasteiger partial charge in [-0.3, -0.25) is 4.79 Å². The number of benzene rings is 2. The zero-order valence-corrected chi connectivity index (χ0v) is 16.3. The monoisotopic (exact) mass is 398 g/mol. The summed E-state index contributed by atoms with van der Waals surface area (Å²) in [4.78, 5) is 12.0. The van der Waals surface area contributed by atoms with Crippen molar-refractivity contribution in [1.29, 1.82) is 0 Å². The van der Waals surface area contributed by atoms with Crippen LogP contribution in [0.25, 0.3) is 0 Å². The van der Waals surface area contributed by atoms with E-state index in [0.29, 0.717) is 11.4 Å². The second kappa shape index (κ2) is 9.56. The van der Waals surface area contributed by atoms with E-state index in [1.807, 2.05) is 0 Å². The summed E-state index contributed by atoms with van der Waals surface area (Å²) in [5.74, 6) is 0.316. The Morgan fingerprint density at radius 1 is 1.15 bits per heavy atom. The molecule has 8 heteroatoms. The maximum absolute atomic E-state index is 12.1. The molecule has 0 bridgehead atoms. The van der Waals surface area contributed by atoms with Gasteiger partial charge in [0, 0.05) is 18.2 Å². The van der Waals surface area contributed by atoms with Crippen LogP contribution in [0, 0.1) is 5.92 Å². The van der Waals surface area contributed by atoms with Crippen LogP contribution in [0.4, 0.5) is 5.69 Å². The Balaban J connectivity index is 0.00000338. The molecule has 0 radical (unpaired) electrons. The highest BCUT2D eigenvalue weighted by molar-refractivity contribution is 7.91. The lowest BCUT2D eigenvalue weighted by atomic mass is 10.1. The summed E-state index contributed by atoms with van der Waals surface area (Å²) >= 11 is 0. The van der Waals surface area contributed by atoms with Gasteiger partial charge in [-0.15, -0.1) is 12.4 Å². The third-order valence-corrected chi connectivity index (χ3v) is 5.48. The molecule has 0 aromatic heterocycles. The van der Waals surface area contributed by atoms with Crippen LogP contribution in [0.15, 0.2) is 53.4 Å². The van der Waals surface area contributed by atoms with Gasteiger partial charge < -0.3 is 15.8 Å². The zero-order chi connectivity index (χ0) is 18.4. The molecule has 26 heavy (non-hydrogen) atoms. The van der Waals surface area contributed by atoms with Gasteiger partial charge in [-0.2, -0.15) is 0 Å². The molecule has 6 nitrogen and oxygen atoms in total. The first-order valence-electron chi connectivity index (χ1n) is 7.98. The van der Waals surface area contributed by atoms with Gasteiger partial charge in [0.05, 0.1) is 5.75 Å². The van der Waals surface area contributed by atoms with Crippen molar-refractivity contribution in [2.75, 3.05) is 17.6 Å². The maximum atomic E-state index is 12.1. The first-order valence-corrected chi connectivity index (χ1v) is 9.63. The zero-order valence-electron chi connectivity index (χ0n) is 14.6. The van der Waals surface area contributed by atoms with Crippen LogP contribution in [0.1, 0.15) is 13.8 Å². The van der Waals surface area contributed by atoms with Gasteiger partial charge in [-0.25, -0.2) is 8.42 Å². The van der Waals surface area contributed by atoms with Gasteiger partial charge >= 0.3 is 0 Å². The summed E-state index contributed by atoms with van der Waals surface area (Å²) in [6.45, 7) is 3.61. The fraction of sp³-hybridized carbons (Fsp3) is 0.278. The molecule has 1 amide bonds. The van der Waals surface area contributed by atoms with Crippen LogP contribution in [0.2, 0.25) is 0 Å². The first-order chi connectivity index (χ1) is 11.9. The first kappa shape index (κ1) is 22.0. The molecule has 0 saturated heterocycles. The van der Waals surface area contributed by atoms with E-state index in [1.54, 1.807) is 56.3 Å². The van der Waals surface area contributed by atoms with Gasteiger partial charge in [0.25, 0.3) is 0 Å². The highest BCUT2D eigenvalue weighted by atomic mass is 35.5. The van der Waals surface area contributed by atoms with Gasteiger partial charge in [0.1, 0.15) is 16.4 Å². The third kappa shape index (κ3) is 5.45. The molecule has 2 aromatic carbocycles. The molecule has 0 aliphatic rings. The van der Waals surface area contributed by atoms with Crippen LogP contribution < -0.4 is 15.8 Å². The van der Waals surface area contributed by atoms with E-state index >= 15 is 0 Å². The number of halogens is 1. The summed E-state index contributed by atoms with van der Waals surface area (Å²) in [5.41, 5.74) is 6.09. The lowest BCUT2D eigenvalue weighted by molar-refractivity contribution is -0.119. The number of nitrogens with two attached hydrogens (primary N) is 1. The summed E-state index contributed by atoms with van der Waals surface area (Å²) in [6.07, 6.45) is 0. The minimum absolute atomic E-state index is 0. The number of carbonyl (C=O) groups excluding carboxylic acids is 1. The van der Waals surface area contributed by atoms with E-state index in [0.717, 1.165) is 0 Å². The van der Waals surface area contributed by atoms with Crippen LogP contribution in [-0.4, -0.2) is 26.6 Å². The summed E-state index contributed by atoms with van der Waals surface area (Å²) in [5, 5.41) is 2.76. The van der Waals surface area contributed by atoms with Crippen molar-refractivity contribution in [1.82, 2.24) is 0 Å². The molecule has 2 rings (SSSR count). The van der Waals surface area contributed by atoms with E-state index in [1.165, 1.54) is 6.07 Å². The normalized spacial score (nSPS) is 12.0. The Labute approximate surface area is 160 Å². The fourth-order valence-electron chi connectivity index (χ4n) is 2.05. The number of hydrogen-bond donors (Lipinski definition) is 2. The quantitative estimate of drug-likeness (QED) is 0.746. The average Bonchev–Trinajstić information content (AvgIpc) is 2.63. The summed E-state index contributed by atoms with van der Waals surface area (Å²) in [7, 11) is -3.38. The van der Waals surface area contributed by atoms with Gasteiger partial charge in [0.2, 0.25) is 5.91 Å². The average molecular weight is 399 g/mol. The number of anilines is 1. The Morgan fingerprint density at radius 2 is 1.77 bits per heavy atom. The molecule has 142 valence electrons. The maximum Gasteiger partial charge on any atom is 0.228 e. The SMILES string of the molecule is CCS(=O)(=O)c1ccccc1Oc1ccc(NC(=O)C(C)CN)cc1.Cl. The standard InChI is InChI=1S/C18H22N2O4S.ClH/c1-3-25(22,23)17-7-5-4-6-16(17)24-15-10-8-14(9-11-15)20-18(21)13(2)12-19;/h4-11,13H,3,12,19H2,1-2H3,(H,20,21);1H. The minimum Gasteiger partial charge on any atom is -0.456 e. The third-order valence-electron chi connectivity index (χ3n) is 3.72. The summed E-state index contributed by atoms with van der Waals surface area (Å²) in [6, 6.07) is 13.2. The number of nitrogens with one attached hydrogen (secondary N) is 1. The Hall–Kier alpha value is -2.09. The molecule has 0 saturated carbocycles. The van der Waals surface area contributed by atoms with Crippen molar-refractivity contribution < 1.29 is 17.9 Å². The number of para-hydroxylation sites is 1. The number of sulfone groups is 1. The van der Waals surface area contributed by atoms with E-state index in [2.05, 4.69) is 5.32 Å². The van der Waals surface area contributed by atoms with Crippen molar-refractivity contribution in [3.05, 3.63) is 48.5 Å². The van der Waals surface area contributed by atoms with Gasteiger partial charge in [-0.05, 0) is 36.4 Å². The van der Waals surface area contributed by atoms with Crippen LogP contribution in [0.3, 0.4) is 0 Å². The molecule has 0 fully saturated rings. The molecule has 1 atom stereocenters. The number of rotatable bonds is 7. The number of ether oxygens (including phenoxy) is 1. The van der Waals surface area contributed by atoms with Gasteiger partial charge in [-0.1, -0.05) is 26.0 Å². The van der Waals surface area contributed by atoms with E-state index in [-0.39, 0.29) is 47.2 Å². The van der Waals surface area contributed by atoms with E-state index in [4.69, 9.17) is 10.5 Å². The van der Waals surface area contributed by atoms with Crippen molar-refractivity contribution in [2.24, 2.45) is 11.7 Å².